The predicted octanol–water partition coefficient (Wildman–Crippen LogP) is 7.30. The summed E-state index contributed by atoms with van der Waals surface area (Å²) >= 11 is 1.46. The lowest BCUT2D eigenvalue weighted by Gasteiger charge is -2.31. The predicted molar refractivity (Wildman–Crippen MR) is 200 cm³/mol. The van der Waals surface area contributed by atoms with Crippen LogP contribution in [0.5, 0.6) is 0 Å². The van der Waals surface area contributed by atoms with Crippen molar-refractivity contribution in [2.75, 3.05) is 82.5 Å². The van der Waals surface area contributed by atoms with Crippen molar-refractivity contribution in [3.05, 3.63) is 101 Å². The van der Waals surface area contributed by atoms with E-state index in [1.54, 1.807) is 0 Å². The third kappa shape index (κ3) is 10.8. The number of rotatable bonds is 11. The summed E-state index contributed by atoms with van der Waals surface area (Å²) < 4.78 is 11.0. The fraction of sp³-hybridized carbons (Fsp3) is 0.371. The van der Waals surface area contributed by atoms with Gasteiger partial charge in [0.2, 0.25) is 0 Å². The third-order valence-corrected chi connectivity index (χ3v) is 9.18. The summed E-state index contributed by atoms with van der Waals surface area (Å²) in [6.07, 6.45) is 0.823. The van der Waals surface area contributed by atoms with Gasteiger partial charge in [-0.1, -0.05) is 72.8 Å². The van der Waals surface area contributed by atoms with Crippen molar-refractivity contribution in [2.45, 2.75) is 12.3 Å². The van der Waals surface area contributed by atoms with Gasteiger partial charge >= 0.3 is 6.03 Å². The molecule has 6 rings (SSSR count). The quantitative estimate of drug-likeness (QED) is 0.176. The molecule has 4 aromatic rings. The Morgan fingerprint density at radius 2 is 1.36 bits per heavy atom. The summed E-state index contributed by atoms with van der Waals surface area (Å²) in [4.78, 5) is 25.2. The molecule has 12 heteroatoms. The van der Waals surface area contributed by atoms with Crippen molar-refractivity contribution in [1.82, 2.24) is 14.8 Å². The number of hydrogen-bond acceptors (Lipinski definition) is 7. The Hall–Kier alpha value is -2.89. The maximum Gasteiger partial charge on any atom is 0.323 e. The molecule has 0 atom stereocenters. The fourth-order valence-corrected chi connectivity index (χ4v) is 6.59. The largest absolute Gasteiger partial charge is 0.379 e. The Morgan fingerprint density at radius 1 is 0.787 bits per heavy atom. The molecular formula is C35H44Cl3N5O3S. The summed E-state index contributed by atoms with van der Waals surface area (Å²) in [7, 11) is 0. The van der Waals surface area contributed by atoms with Crippen molar-refractivity contribution in [1.29, 1.82) is 0 Å². The van der Waals surface area contributed by atoms with Gasteiger partial charge in [-0.3, -0.25) is 10.2 Å². The number of thiazole rings is 1. The molecular weight excluding hydrogens is 677 g/mol. The van der Waals surface area contributed by atoms with Gasteiger partial charge in [0.1, 0.15) is 0 Å². The minimum Gasteiger partial charge on any atom is -0.379 e. The van der Waals surface area contributed by atoms with Gasteiger partial charge in [-0.2, -0.15) is 0 Å². The summed E-state index contributed by atoms with van der Waals surface area (Å²) in [5, 5.41) is 5.74. The van der Waals surface area contributed by atoms with Gasteiger partial charge in [0.05, 0.1) is 32.1 Å². The van der Waals surface area contributed by atoms with Gasteiger partial charge in [0.25, 0.3) is 0 Å². The van der Waals surface area contributed by atoms with E-state index in [2.05, 4.69) is 100 Å². The molecule has 1 aromatic heterocycles. The lowest BCUT2D eigenvalue weighted by atomic mass is 9.88. The molecule has 254 valence electrons. The number of amides is 2. The first kappa shape index (κ1) is 38.6. The maximum absolute atomic E-state index is 13.8. The van der Waals surface area contributed by atoms with E-state index in [9.17, 15) is 4.79 Å². The Morgan fingerprint density at radius 3 is 1.96 bits per heavy atom. The number of hydrogen-bond donors (Lipinski definition) is 1. The van der Waals surface area contributed by atoms with E-state index in [0.717, 1.165) is 76.8 Å². The Labute approximate surface area is 300 Å². The average molecular weight is 721 g/mol. The lowest BCUT2D eigenvalue weighted by Crippen LogP contribution is -2.44. The van der Waals surface area contributed by atoms with Crippen molar-refractivity contribution in [2.24, 2.45) is 0 Å². The van der Waals surface area contributed by atoms with Crippen LogP contribution in [-0.2, 0) is 9.47 Å². The van der Waals surface area contributed by atoms with Gasteiger partial charge in [0, 0.05) is 68.4 Å². The summed E-state index contributed by atoms with van der Waals surface area (Å²) in [6.45, 7) is 8.71. The molecule has 0 aliphatic carbocycles. The van der Waals surface area contributed by atoms with Crippen LogP contribution in [0.2, 0.25) is 0 Å². The number of halogens is 3. The minimum absolute atomic E-state index is 0. The number of aromatic nitrogens is 1. The highest BCUT2D eigenvalue weighted by atomic mass is 35.5. The number of benzene rings is 3. The van der Waals surface area contributed by atoms with Crippen LogP contribution in [0, 0.1) is 0 Å². The number of anilines is 2. The topological polar surface area (TPSA) is 70.2 Å². The Kier molecular flexibility index (Phi) is 16.3. The van der Waals surface area contributed by atoms with Crippen LogP contribution < -0.4 is 10.2 Å². The first-order chi connectivity index (χ1) is 21.7. The van der Waals surface area contributed by atoms with Crippen LogP contribution in [0.15, 0.2) is 90.3 Å². The van der Waals surface area contributed by atoms with Gasteiger partial charge in [-0.15, -0.1) is 48.6 Å². The molecule has 0 radical (unpaired) electrons. The normalized spacial score (nSPS) is 14.8. The average Bonchev–Trinajstić information content (AvgIpc) is 3.56. The molecule has 2 aliphatic heterocycles. The molecule has 2 amide bonds. The van der Waals surface area contributed by atoms with E-state index in [-0.39, 0.29) is 49.2 Å². The van der Waals surface area contributed by atoms with E-state index in [4.69, 9.17) is 14.5 Å². The molecule has 8 nitrogen and oxygen atoms in total. The number of nitrogens with one attached hydrogen (secondary N) is 1. The van der Waals surface area contributed by atoms with E-state index < -0.39 is 0 Å². The summed E-state index contributed by atoms with van der Waals surface area (Å²) in [6, 6.07) is 29.6. The van der Waals surface area contributed by atoms with Crippen molar-refractivity contribution < 1.29 is 14.3 Å². The molecule has 1 N–H and O–H groups in total. The lowest BCUT2D eigenvalue weighted by molar-refractivity contribution is 0.0351. The zero-order valence-electron chi connectivity index (χ0n) is 26.4. The standard InChI is InChI=1S/C35H41N5O3S.3ClH/c41-35(37-34-36-33(27-44-34)30-11-13-31(14-12-30)39-21-25-43-26-22-39)40(18-17-38-19-23-42-24-20-38)16-15-32(28-7-3-1-4-8-28)29-9-5-2-6-10-29;;;/h1-14,27,32H,15-26H2,(H,36,37,41);3*1H. The number of carbonyl (C=O) groups excluding carboxylic acids is 1. The van der Waals surface area contributed by atoms with Crippen LogP contribution in [-0.4, -0.2) is 93.1 Å². The minimum atomic E-state index is -0.110. The third-order valence-electron chi connectivity index (χ3n) is 8.43. The van der Waals surface area contributed by atoms with E-state index in [1.807, 2.05) is 10.3 Å². The monoisotopic (exact) mass is 719 g/mol. The molecule has 3 heterocycles. The van der Waals surface area contributed by atoms with E-state index in [1.165, 1.54) is 28.2 Å². The number of ether oxygens (including phenoxy) is 2. The number of morpholine rings is 2. The Balaban J connectivity index is 0.00000200. The van der Waals surface area contributed by atoms with Crippen LogP contribution in [0.4, 0.5) is 15.6 Å². The molecule has 0 bridgehead atoms. The number of carbonyl (C=O) groups is 1. The van der Waals surface area contributed by atoms with Crippen molar-refractivity contribution >= 4 is 65.4 Å². The van der Waals surface area contributed by atoms with Gasteiger partial charge in [-0.05, 0) is 29.7 Å². The summed E-state index contributed by atoms with van der Waals surface area (Å²) in [5.41, 5.74) is 5.62. The molecule has 2 saturated heterocycles. The van der Waals surface area contributed by atoms with E-state index >= 15 is 0 Å². The molecule has 0 saturated carbocycles. The van der Waals surface area contributed by atoms with Crippen molar-refractivity contribution in [3.63, 3.8) is 0 Å². The SMILES string of the molecule is Cl.Cl.Cl.O=C(Nc1nc(-c2ccc(N3CCOCC3)cc2)cs1)N(CCC(c1ccccc1)c1ccccc1)CCN1CCOCC1. The van der Waals surface area contributed by atoms with Crippen LogP contribution in [0.25, 0.3) is 11.3 Å². The van der Waals surface area contributed by atoms with Gasteiger partial charge < -0.3 is 19.3 Å². The first-order valence-corrected chi connectivity index (χ1v) is 16.5. The van der Waals surface area contributed by atoms with Crippen LogP contribution >= 0.6 is 48.6 Å². The number of nitrogens with zero attached hydrogens (tertiary/aromatic N) is 4. The molecule has 47 heavy (non-hydrogen) atoms. The van der Waals surface area contributed by atoms with Crippen molar-refractivity contribution in [3.8, 4) is 11.3 Å². The summed E-state index contributed by atoms with van der Waals surface area (Å²) in [5.74, 6) is 0.197. The molecule has 0 unspecified atom stereocenters. The fourth-order valence-electron chi connectivity index (χ4n) is 5.88. The molecule has 2 fully saturated rings. The van der Waals surface area contributed by atoms with E-state index in [0.29, 0.717) is 18.2 Å². The van der Waals surface area contributed by atoms with Gasteiger partial charge in [-0.25, -0.2) is 9.78 Å². The second kappa shape index (κ2) is 19.8. The highest BCUT2D eigenvalue weighted by Crippen LogP contribution is 2.30. The molecule has 2 aliphatic rings. The molecule has 0 spiro atoms. The first-order valence-electron chi connectivity index (χ1n) is 15.6. The highest BCUT2D eigenvalue weighted by molar-refractivity contribution is 7.14. The maximum atomic E-state index is 13.8. The second-order valence-electron chi connectivity index (χ2n) is 11.2. The second-order valence-corrected chi connectivity index (χ2v) is 12.1. The smallest absolute Gasteiger partial charge is 0.323 e. The van der Waals surface area contributed by atoms with Crippen LogP contribution in [0.3, 0.4) is 0 Å². The zero-order valence-corrected chi connectivity index (χ0v) is 29.6. The zero-order chi connectivity index (χ0) is 30.0. The molecule has 3 aromatic carbocycles. The number of urea groups is 1. The highest BCUT2D eigenvalue weighted by Gasteiger charge is 2.22. The van der Waals surface area contributed by atoms with Gasteiger partial charge in [0.15, 0.2) is 5.13 Å². The Bertz CT molecular complexity index is 1410. The van der Waals surface area contributed by atoms with Crippen LogP contribution in [0.1, 0.15) is 23.5 Å².